The van der Waals surface area contributed by atoms with Crippen LogP contribution in [0.5, 0.6) is 23.0 Å². The van der Waals surface area contributed by atoms with Crippen molar-refractivity contribution >= 4 is 10.8 Å². The van der Waals surface area contributed by atoms with Gasteiger partial charge in [0.2, 0.25) is 19.3 Å². The summed E-state index contributed by atoms with van der Waals surface area (Å²) in [6, 6.07) is 8.61. The molecule has 0 N–H and O–H groups in total. The molecular weight excluding hydrogens is 414 g/mol. The highest BCUT2D eigenvalue weighted by Crippen LogP contribution is 2.45. The van der Waals surface area contributed by atoms with Gasteiger partial charge in [-0.2, -0.15) is 4.57 Å². The minimum atomic E-state index is 0. The van der Waals surface area contributed by atoms with Crippen molar-refractivity contribution in [1.29, 1.82) is 0 Å². The fraction of sp³-hybridized carbons (Fsp3) is 0.400. The molecule has 0 spiro atoms. The van der Waals surface area contributed by atoms with Gasteiger partial charge >= 0.3 is 0 Å². The molecule has 162 valence electrons. The van der Waals surface area contributed by atoms with Crippen molar-refractivity contribution in [2.24, 2.45) is 0 Å². The smallest absolute Gasteiger partial charge is 0.231 e. The average molecular weight is 440 g/mol. The summed E-state index contributed by atoms with van der Waals surface area (Å²) in [6.45, 7) is 3.82. The molecular formula is C25H26ClNO4. The van der Waals surface area contributed by atoms with Crippen molar-refractivity contribution < 1.29 is 35.9 Å². The molecule has 0 fully saturated rings. The Morgan fingerprint density at radius 3 is 2.55 bits per heavy atom. The van der Waals surface area contributed by atoms with E-state index in [1.807, 2.05) is 0 Å². The molecule has 0 unspecified atom stereocenters. The number of aromatic nitrogens is 1. The van der Waals surface area contributed by atoms with Gasteiger partial charge in [0.05, 0.1) is 10.9 Å². The average Bonchev–Trinajstić information content (AvgIpc) is 3.43. The molecule has 2 aromatic carbocycles. The first kappa shape index (κ1) is 20.3. The Morgan fingerprint density at radius 2 is 1.68 bits per heavy atom. The van der Waals surface area contributed by atoms with Crippen LogP contribution in [0.25, 0.3) is 22.0 Å². The van der Waals surface area contributed by atoms with Crippen LogP contribution in [0.15, 0.2) is 30.5 Å². The quantitative estimate of drug-likeness (QED) is 0.450. The van der Waals surface area contributed by atoms with Crippen LogP contribution in [0, 0.1) is 0 Å². The number of ether oxygens (including phenoxy) is 4. The maximum absolute atomic E-state index is 5.86. The largest absolute Gasteiger partial charge is 1.00 e. The van der Waals surface area contributed by atoms with Gasteiger partial charge in [0, 0.05) is 17.4 Å². The monoisotopic (exact) mass is 439 g/mol. The van der Waals surface area contributed by atoms with Crippen molar-refractivity contribution in [1.82, 2.24) is 0 Å². The minimum Gasteiger partial charge on any atom is -1.00 e. The van der Waals surface area contributed by atoms with E-state index >= 15 is 0 Å². The van der Waals surface area contributed by atoms with Crippen LogP contribution >= 0.6 is 0 Å². The molecule has 31 heavy (non-hydrogen) atoms. The van der Waals surface area contributed by atoms with Gasteiger partial charge in [0.1, 0.15) is 0 Å². The Hall–Kier alpha value is -2.66. The lowest BCUT2D eigenvalue weighted by atomic mass is 9.89. The molecule has 4 heterocycles. The van der Waals surface area contributed by atoms with Gasteiger partial charge in [-0.3, -0.25) is 0 Å². The predicted molar refractivity (Wildman–Crippen MR) is 113 cm³/mol. The molecule has 0 bridgehead atoms. The summed E-state index contributed by atoms with van der Waals surface area (Å²) in [6.07, 6.45) is 9.26. The summed E-state index contributed by atoms with van der Waals surface area (Å²) in [7, 11) is 0. The van der Waals surface area contributed by atoms with E-state index < -0.39 is 0 Å². The number of halogens is 1. The van der Waals surface area contributed by atoms with E-state index in [2.05, 4.69) is 42.0 Å². The van der Waals surface area contributed by atoms with Gasteiger partial charge in [-0.25, -0.2) is 0 Å². The van der Waals surface area contributed by atoms with E-state index in [9.17, 15) is 0 Å². The first-order valence-electron chi connectivity index (χ1n) is 11.0. The van der Waals surface area contributed by atoms with Crippen LogP contribution in [0.1, 0.15) is 43.7 Å². The first-order valence-corrected chi connectivity index (χ1v) is 11.0. The summed E-state index contributed by atoms with van der Waals surface area (Å²) < 4.78 is 25.3. The molecule has 0 aliphatic carbocycles. The molecule has 0 atom stereocenters. The zero-order valence-electron chi connectivity index (χ0n) is 17.7. The van der Waals surface area contributed by atoms with E-state index in [0.29, 0.717) is 13.6 Å². The molecule has 3 aliphatic rings. The Bertz CT molecular complexity index is 1160. The molecule has 0 saturated carbocycles. The Kier molecular flexibility index (Phi) is 5.30. The third-order valence-corrected chi connectivity index (χ3v) is 6.52. The fourth-order valence-electron chi connectivity index (χ4n) is 5.03. The van der Waals surface area contributed by atoms with Crippen molar-refractivity contribution in [3.63, 3.8) is 0 Å². The van der Waals surface area contributed by atoms with E-state index in [4.69, 9.17) is 18.9 Å². The first-order chi connectivity index (χ1) is 14.8. The molecule has 0 saturated heterocycles. The highest BCUT2D eigenvalue weighted by Gasteiger charge is 2.32. The number of hydrogen-bond acceptors (Lipinski definition) is 4. The summed E-state index contributed by atoms with van der Waals surface area (Å²) in [5, 5.41) is 2.43. The number of pyridine rings is 1. The Labute approximate surface area is 188 Å². The summed E-state index contributed by atoms with van der Waals surface area (Å²) in [4.78, 5) is 0. The second-order valence-electron chi connectivity index (χ2n) is 8.33. The summed E-state index contributed by atoms with van der Waals surface area (Å²) in [5.74, 6) is 3.45. The summed E-state index contributed by atoms with van der Waals surface area (Å²) in [5.41, 5.74) is 5.34. The fourth-order valence-corrected chi connectivity index (χ4v) is 5.03. The lowest BCUT2D eigenvalue weighted by Crippen LogP contribution is -3.00. The van der Waals surface area contributed by atoms with Crippen molar-refractivity contribution in [3.05, 3.63) is 41.6 Å². The van der Waals surface area contributed by atoms with Crippen molar-refractivity contribution in [2.45, 2.75) is 52.0 Å². The number of benzene rings is 2. The van der Waals surface area contributed by atoms with Crippen LogP contribution in [0.2, 0.25) is 0 Å². The number of unbranched alkanes of at least 4 members (excludes halogenated alkanes) is 3. The van der Waals surface area contributed by atoms with Gasteiger partial charge in [0.25, 0.3) is 0 Å². The lowest BCUT2D eigenvalue weighted by Gasteiger charge is -2.20. The highest BCUT2D eigenvalue weighted by molar-refractivity contribution is 5.95. The molecule has 0 radical (unpaired) electrons. The Balaban J connectivity index is 0.00000204. The van der Waals surface area contributed by atoms with E-state index in [1.165, 1.54) is 53.5 Å². The maximum Gasteiger partial charge on any atom is 0.231 e. The van der Waals surface area contributed by atoms with Crippen LogP contribution in [0.3, 0.4) is 0 Å². The van der Waals surface area contributed by atoms with Crippen molar-refractivity contribution in [3.8, 4) is 34.3 Å². The zero-order chi connectivity index (χ0) is 20.1. The number of rotatable bonds is 5. The van der Waals surface area contributed by atoms with Crippen LogP contribution in [-0.4, -0.2) is 13.6 Å². The number of nitrogens with zero attached hydrogens (tertiary/aromatic N) is 1. The number of aryl methyl sites for hydroxylation is 3. The van der Waals surface area contributed by atoms with Crippen LogP contribution in [-0.2, 0) is 19.4 Å². The van der Waals surface area contributed by atoms with Gasteiger partial charge in [-0.05, 0) is 42.7 Å². The van der Waals surface area contributed by atoms with Gasteiger partial charge in [-0.15, -0.1) is 0 Å². The molecule has 3 aromatic rings. The second-order valence-corrected chi connectivity index (χ2v) is 8.33. The normalized spacial score (nSPS) is 14.9. The predicted octanol–water partition coefficient (Wildman–Crippen LogP) is 1.93. The van der Waals surface area contributed by atoms with Crippen LogP contribution in [0.4, 0.5) is 0 Å². The SMILES string of the molecule is CCCCCCc1c2[n+](cc3c4c(ccc13)OCO4)CCc1cc3c(cc1-2)OCO3.[Cl-]. The minimum absolute atomic E-state index is 0. The standard InChI is InChI=1S/C25H26NO4.ClH/c1-2-3-4-5-6-18-17-7-8-21-25(30-15-27-21)20(17)13-26-10-9-16-11-22-23(29-14-28-22)12-19(16)24(18)26;/h7-8,11-13H,2-6,9-10,14-15H2,1H3;1H/q+1;/p-1. The zero-order valence-corrected chi connectivity index (χ0v) is 18.5. The highest BCUT2D eigenvalue weighted by atomic mass is 35.5. The lowest BCUT2D eigenvalue weighted by molar-refractivity contribution is -0.686. The summed E-state index contributed by atoms with van der Waals surface area (Å²) >= 11 is 0. The van der Waals surface area contributed by atoms with E-state index in [0.717, 1.165) is 47.8 Å². The topological polar surface area (TPSA) is 40.8 Å². The van der Waals surface area contributed by atoms with Gasteiger partial charge in [-0.1, -0.05) is 26.2 Å². The van der Waals surface area contributed by atoms with Crippen molar-refractivity contribution in [2.75, 3.05) is 13.6 Å². The Morgan fingerprint density at radius 1 is 0.871 bits per heavy atom. The van der Waals surface area contributed by atoms with E-state index in [1.54, 1.807) is 0 Å². The maximum atomic E-state index is 5.86. The molecule has 6 rings (SSSR count). The van der Waals surface area contributed by atoms with Gasteiger partial charge in [0.15, 0.2) is 35.7 Å². The van der Waals surface area contributed by atoms with Gasteiger partial charge < -0.3 is 31.4 Å². The molecule has 3 aliphatic heterocycles. The van der Waals surface area contributed by atoms with E-state index in [-0.39, 0.29) is 12.4 Å². The molecule has 6 heteroatoms. The molecule has 0 amide bonds. The molecule has 5 nitrogen and oxygen atoms in total. The third kappa shape index (κ3) is 3.26. The third-order valence-electron chi connectivity index (χ3n) is 6.52. The number of fused-ring (bicyclic) bond motifs is 7. The second kappa shape index (κ2) is 8.12. The number of hydrogen-bond donors (Lipinski definition) is 0. The molecule has 1 aromatic heterocycles. The van der Waals surface area contributed by atoms with Crippen LogP contribution < -0.4 is 35.9 Å².